The zero-order chi connectivity index (χ0) is 22.8. The normalized spacial score (nSPS) is 13.8. The standard InChI is InChI=1S/C25H22N4O3/c1-14(23-19-13-17(15(2)30)9-12-21(19)28-25(23)32)27-18-10-7-16(8-11-18)24(31)29-22-6-4-3-5-20(22)26/h3-13,27H,26H2,1-2H3,(H,28,32)(H,29,31)/b23-14-. The molecule has 0 spiro atoms. The summed E-state index contributed by atoms with van der Waals surface area (Å²) in [6.07, 6.45) is 0. The third-order valence-corrected chi connectivity index (χ3v) is 5.23. The summed E-state index contributed by atoms with van der Waals surface area (Å²) in [5.74, 6) is -0.573. The highest BCUT2D eigenvalue weighted by atomic mass is 16.2. The Morgan fingerprint density at radius 2 is 1.56 bits per heavy atom. The molecule has 0 aromatic heterocycles. The fraction of sp³-hybridized carbons (Fsp3) is 0.0800. The molecule has 7 nitrogen and oxygen atoms in total. The first-order valence-electron chi connectivity index (χ1n) is 10.0. The molecule has 0 fully saturated rings. The van der Waals surface area contributed by atoms with Crippen LogP contribution in [-0.4, -0.2) is 17.6 Å². The molecule has 0 aliphatic carbocycles. The molecular weight excluding hydrogens is 404 g/mol. The highest BCUT2D eigenvalue weighted by Crippen LogP contribution is 2.35. The lowest BCUT2D eigenvalue weighted by molar-refractivity contribution is -0.110. The topological polar surface area (TPSA) is 113 Å². The van der Waals surface area contributed by atoms with E-state index in [0.717, 1.165) is 5.69 Å². The Morgan fingerprint density at radius 1 is 0.875 bits per heavy atom. The highest BCUT2D eigenvalue weighted by molar-refractivity contribution is 6.32. The average Bonchev–Trinajstić information content (AvgIpc) is 3.10. The van der Waals surface area contributed by atoms with Gasteiger partial charge in [0.25, 0.3) is 11.8 Å². The monoisotopic (exact) mass is 426 g/mol. The van der Waals surface area contributed by atoms with E-state index < -0.39 is 0 Å². The smallest absolute Gasteiger partial charge is 0.258 e. The number of anilines is 4. The first-order chi connectivity index (χ1) is 15.3. The van der Waals surface area contributed by atoms with Crippen LogP contribution in [0, 0.1) is 0 Å². The van der Waals surface area contributed by atoms with Crippen LogP contribution in [0.3, 0.4) is 0 Å². The zero-order valence-corrected chi connectivity index (χ0v) is 17.7. The Bertz CT molecular complexity index is 1280. The van der Waals surface area contributed by atoms with Gasteiger partial charge in [0.15, 0.2) is 5.78 Å². The highest BCUT2D eigenvalue weighted by Gasteiger charge is 2.27. The van der Waals surface area contributed by atoms with Crippen LogP contribution in [0.4, 0.5) is 22.7 Å². The summed E-state index contributed by atoms with van der Waals surface area (Å²) in [7, 11) is 0. The van der Waals surface area contributed by atoms with E-state index in [1.807, 2.05) is 0 Å². The number of fused-ring (bicyclic) bond motifs is 1. The van der Waals surface area contributed by atoms with Gasteiger partial charge in [-0.05, 0) is 68.4 Å². The number of hydrogen-bond donors (Lipinski definition) is 4. The summed E-state index contributed by atoms with van der Waals surface area (Å²) in [5, 5.41) is 8.82. The summed E-state index contributed by atoms with van der Waals surface area (Å²) in [4.78, 5) is 36.8. The summed E-state index contributed by atoms with van der Waals surface area (Å²) in [6, 6.07) is 19.1. The van der Waals surface area contributed by atoms with E-state index in [-0.39, 0.29) is 17.6 Å². The van der Waals surface area contributed by atoms with E-state index in [1.165, 1.54) is 6.92 Å². The largest absolute Gasteiger partial charge is 0.397 e. The molecule has 0 radical (unpaired) electrons. The molecule has 0 saturated carbocycles. The number of para-hydroxylation sites is 2. The van der Waals surface area contributed by atoms with Crippen molar-refractivity contribution in [2.75, 3.05) is 21.7 Å². The molecule has 1 aliphatic heterocycles. The molecule has 0 saturated heterocycles. The predicted octanol–water partition coefficient (Wildman–Crippen LogP) is 4.52. The van der Waals surface area contributed by atoms with Crippen molar-refractivity contribution in [3.05, 3.63) is 89.1 Å². The maximum Gasteiger partial charge on any atom is 0.258 e. The second kappa shape index (κ2) is 8.39. The van der Waals surface area contributed by atoms with E-state index >= 15 is 0 Å². The van der Waals surface area contributed by atoms with E-state index in [9.17, 15) is 14.4 Å². The van der Waals surface area contributed by atoms with Crippen LogP contribution < -0.4 is 21.7 Å². The SMILES string of the molecule is CC(=O)c1ccc2c(c1)/C(=C(\C)Nc1ccc(C(=O)Nc3ccccc3N)cc1)C(=O)N2. The number of carbonyl (C=O) groups is 3. The van der Waals surface area contributed by atoms with E-state index in [2.05, 4.69) is 16.0 Å². The number of rotatable bonds is 5. The summed E-state index contributed by atoms with van der Waals surface area (Å²) in [6.45, 7) is 3.29. The van der Waals surface area contributed by atoms with Crippen molar-refractivity contribution >= 4 is 45.9 Å². The Kier molecular flexibility index (Phi) is 5.47. The van der Waals surface area contributed by atoms with Gasteiger partial charge < -0.3 is 21.7 Å². The summed E-state index contributed by atoms with van der Waals surface area (Å²) < 4.78 is 0. The van der Waals surface area contributed by atoms with E-state index in [4.69, 9.17) is 5.73 Å². The zero-order valence-electron chi connectivity index (χ0n) is 17.7. The molecule has 0 atom stereocenters. The van der Waals surface area contributed by atoms with E-state index in [0.29, 0.717) is 45.0 Å². The van der Waals surface area contributed by atoms with Crippen LogP contribution >= 0.6 is 0 Å². The number of Topliss-reactive ketones (excluding diaryl/α,β-unsaturated/α-hetero) is 1. The number of allylic oxidation sites excluding steroid dienone is 1. The minimum atomic E-state index is -0.273. The van der Waals surface area contributed by atoms with Crippen LogP contribution in [0.5, 0.6) is 0 Å². The van der Waals surface area contributed by atoms with Gasteiger partial charge in [-0.3, -0.25) is 14.4 Å². The third kappa shape index (κ3) is 4.09. The minimum absolute atomic E-state index is 0.0664. The molecule has 1 aliphatic rings. The second-order valence-electron chi connectivity index (χ2n) is 7.51. The Hall–Kier alpha value is -4.39. The first-order valence-corrected chi connectivity index (χ1v) is 10.0. The van der Waals surface area contributed by atoms with Crippen LogP contribution in [0.15, 0.2) is 72.4 Å². The van der Waals surface area contributed by atoms with Crippen molar-refractivity contribution in [1.29, 1.82) is 0 Å². The van der Waals surface area contributed by atoms with Crippen LogP contribution in [0.1, 0.15) is 40.1 Å². The van der Waals surface area contributed by atoms with Gasteiger partial charge in [0.1, 0.15) is 0 Å². The molecule has 160 valence electrons. The van der Waals surface area contributed by atoms with Crippen molar-refractivity contribution in [1.82, 2.24) is 0 Å². The first kappa shape index (κ1) is 20.9. The van der Waals surface area contributed by atoms with Gasteiger partial charge in [0.2, 0.25) is 0 Å². The van der Waals surface area contributed by atoms with Crippen molar-refractivity contribution in [2.24, 2.45) is 0 Å². The van der Waals surface area contributed by atoms with Gasteiger partial charge in [-0.15, -0.1) is 0 Å². The van der Waals surface area contributed by atoms with Crippen molar-refractivity contribution < 1.29 is 14.4 Å². The average molecular weight is 426 g/mol. The fourth-order valence-electron chi connectivity index (χ4n) is 3.55. The number of nitrogens with two attached hydrogens (primary N) is 1. The fourth-order valence-corrected chi connectivity index (χ4v) is 3.55. The lowest BCUT2D eigenvalue weighted by atomic mass is 10.0. The quantitative estimate of drug-likeness (QED) is 0.272. The molecule has 3 aromatic rings. The van der Waals surface area contributed by atoms with Gasteiger partial charge in [-0.1, -0.05) is 12.1 Å². The van der Waals surface area contributed by atoms with Gasteiger partial charge >= 0.3 is 0 Å². The molecule has 7 heteroatoms. The molecule has 4 rings (SSSR count). The summed E-state index contributed by atoms with van der Waals surface area (Å²) in [5.41, 5.74) is 11.1. The lowest BCUT2D eigenvalue weighted by Crippen LogP contribution is -2.13. The number of ketones is 1. The number of nitrogens with one attached hydrogen (secondary N) is 3. The molecule has 0 bridgehead atoms. The molecule has 5 N–H and O–H groups in total. The molecule has 3 aromatic carbocycles. The Morgan fingerprint density at radius 3 is 2.25 bits per heavy atom. The molecule has 2 amide bonds. The van der Waals surface area contributed by atoms with Crippen LogP contribution in [0.25, 0.3) is 5.57 Å². The summed E-state index contributed by atoms with van der Waals surface area (Å²) >= 11 is 0. The lowest BCUT2D eigenvalue weighted by Gasteiger charge is -2.11. The second-order valence-corrected chi connectivity index (χ2v) is 7.51. The van der Waals surface area contributed by atoms with Gasteiger partial charge in [0.05, 0.1) is 16.9 Å². The molecule has 32 heavy (non-hydrogen) atoms. The van der Waals surface area contributed by atoms with Gasteiger partial charge in [0, 0.05) is 33.8 Å². The maximum atomic E-state index is 12.5. The van der Waals surface area contributed by atoms with Crippen LogP contribution in [0.2, 0.25) is 0 Å². The molecule has 1 heterocycles. The molecular formula is C25H22N4O3. The number of benzene rings is 3. The Balaban J connectivity index is 1.54. The van der Waals surface area contributed by atoms with Crippen LogP contribution in [-0.2, 0) is 4.79 Å². The van der Waals surface area contributed by atoms with E-state index in [1.54, 1.807) is 73.7 Å². The Labute approximate surface area is 185 Å². The molecule has 0 unspecified atom stereocenters. The number of hydrogen-bond acceptors (Lipinski definition) is 5. The number of nitrogen functional groups attached to an aromatic ring is 1. The van der Waals surface area contributed by atoms with Crippen molar-refractivity contribution in [3.8, 4) is 0 Å². The minimum Gasteiger partial charge on any atom is -0.397 e. The van der Waals surface area contributed by atoms with Crippen molar-refractivity contribution in [2.45, 2.75) is 13.8 Å². The predicted molar refractivity (Wildman–Crippen MR) is 127 cm³/mol. The van der Waals surface area contributed by atoms with Gasteiger partial charge in [-0.25, -0.2) is 0 Å². The van der Waals surface area contributed by atoms with Crippen molar-refractivity contribution in [3.63, 3.8) is 0 Å². The van der Waals surface area contributed by atoms with Gasteiger partial charge in [-0.2, -0.15) is 0 Å². The number of amides is 2. The maximum absolute atomic E-state index is 12.5. The number of carbonyl (C=O) groups excluding carboxylic acids is 3. The third-order valence-electron chi connectivity index (χ3n) is 5.23.